The summed E-state index contributed by atoms with van der Waals surface area (Å²) in [7, 11) is 0. The first-order chi connectivity index (χ1) is 23.3. The lowest BCUT2D eigenvalue weighted by Gasteiger charge is -2.45. The van der Waals surface area contributed by atoms with Crippen LogP contribution in [0.2, 0.25) is 0 Å². The van der Waals surface area contributed by atoms with E-state index in [1.165, 1.54) is 0 Å². The number of carbonyl (C=O) groups is 2. The van der Waals surface area contributed by atoms with Gasteiger partial charge in [-0.15, -0.1) is 0 Å². The predicted octanol–water partition coefficient (Wildman–Crippen LogP) is 6.23. The van der Waals surface area contributed by atoms with Crippen molar-refractivity contribution in [1.29, 1.82) is 0 Å². The zero-order valence-electron chi connectivity index (χ0n) is 26.6. The van der Waals surface area contributed by atoms with Gasteiger partial charge in [-0.3, -0.25) is 9.69 Å². The molecule has 1 amide bonds. The number of rotatable bonds is 13. The summed E-state index contributed by atoms with van der Waals surface area (Å²) in [6, 6.07) is 15.3. The smallest absolute Gasteiger partial charge is 0.410 e. The Morgan fingerprint density at radius 3 is 2.08 bits per heavy atom. The summed E-state index contributed by atoms with van der Waals surface area (Å²) in [6.45, 7) is 3.34. The highest BCUT2D eigenvalue weighted by atomic mass is 16.7. The van der Waals surface area contributed by atoms with Crippen molar-refractivity contribution in [2.24, 2.45) is 15.3 Å². The minimum atomic E-state index is -1.60. The molecule has 2 aliphatic rings. The molecular formula is C31H38N10O7. The summed E-state index contributed by atoms with van der Waals surface area (Å²) in [5, 5.41) is 22.6. The molecule has 17 heteroatoms. The fourth-order valence-electron chi connectivity index (χ4n) is 6.15. The van der Waals surface area contributed by atoms with Gasteiger partial charge in [0.1, 0.15) is 18.8 Å². The number of hydrogen-bond donors (Lipinski definition) is 1. The third-order valence-corrected chi connectivity index (χ3v) is 8.36. The van der Waals surface area contributed by atoms with Crippen molar-refractivity contribution >= 4 is 12.1 Å². The van der Waals surface area contributed by atoms with Gasteiger partial charge in [0, 0.05) is 28.2 Å². The molecule has 1 heterocycles. The van der Waals surface area contributed by atoms with E-state index >= 15 is 0 Å². The Balaban J connectivity index is 1.61. The molecule has 2 aromatic carbocycles. The number of aliphatic hydroxyl groups excluding tert-OH is 1. The summed E-state index contributed by atoms with van der Waals surface area (Å²) in [5.41, 5.74) is 29.4. The van der Waals surface area contributed by atoms with Gasteiger partial charge in [-0.2, -0.15) is 0 Å². The molecule has 0 spiro atoms. The quantitative estimate of drug-likeness (QED) is 0.112. The molecule has 1 aliphatic carbocycles. The number of benzene rings is 2. The molecule has 0 aromatic heterocycles. The van der Waals surface area contributed by atoms with Crippen LogP contribution in [-0.2, 0) is 36.9 Å². The van der Waals surface area contributed by atoms with E-state index < -0.39 is 66.9 Å². The Morgan fingerprint density at radius 1 is 0.917 bits per heavy atom. The molecule has 0 bridgehead atoms. The minimum Gasteiger partial charge on any atom is -0.459 e. The number of azide groups is 3. The molecule has 1 unspecified atom stereocenters. The van der Waals surface area contributed by atoms with Gasteiger partial charge in [-0.1, -0.05) is 82.9 Å². The molecule has 1 saturated carbocycles. The van der Waals surface area contributed by atoms with Gasteiger partial charge >= 0.3 is 12.1 Å². The molecule has 2 fully saturated rings. The van der Waals surface area contributed by atoms with E-state index in [0.717, 1.165) is 18.1 Å². The molecule has 48 heavy (non-hydrogen) atoms. The lowest BCUT2D eigenvalue weighted by atomic mass is 9.84. The standard InChI is InChI=1S/C31H38N10O7/c1-3-25(41(17-20-10-6-4-7-11-20)31(44)45-18-21-12-8-5-9-13-21)26-15-14-22(35-38-32)30(47-26)48-29-24(37-40-34)16-23(36-39-33)28(27(29)43)46-19(2)42/h4-13,22-30,43H,3,14-18H2,1-2H3/t22-,23-,24+,25+,26?,27-,28+,29-,30-/m1/s1. The Morgan fingerprint density at radius 2 is 1.50 bits per heavy atom. The van der Waals surface area contributed by atoms with Gasteiger partial charge in [-0.25, -0.2) is 4.79 Å². The average molecular weight is 663 g/mol. The molecule has 17 nitrogen and oxygen atoms in total. The zero-order valence-corrected chi connectivity index (χ0v) is 26.6. The SMILES string of the molecule is CC[C@@H](C1CC[C@@H](N=[N+]=[N-])[C@@H](O[C@H]2[C@H](O)[C@@H](OC(C)=O)[C@H](N=[N+]=[N-])C[C@@H]2N=[N+]=[N-])O1)N(Cc1ccccc1)C(=O)OCc1ccccc1. The molecular weight excluding hydrogens is 624 g/mol. The summed E-state index contributed by atoms with van der Waals surface area (Å²) in [5.74, 6) is -0.734. The van der Waals surface area contributed by atoms with Crippen LogP contribution in [0.4, 0.5) is 4.79 Å². The largest absolute Gasteiger partial charge is 0.459 e. The predicted molar refractivity (Wildman–Crippen MR) is 170 cm³/mol. The number of ether oxygens (including phenoxy) is 4. The number of aliphatic hydroxyl groups is 1. The first-order valence-corrected chi connectivity index (χ1v) is 15.6. The van der Waals surface area contributed by atoms with E-state index in [1.807, 2.05) is 67.6 Å². The van der Waals surface area contributed by atoms with Crippen LogP contribution in [0, 0.1) is 0 Å². The van der Waals surface area contributed by atoms with Crippen LogP contribution < -0.4 is 0 Å². The second-order valence-electron chi connectivity index (χ2n) is 11.5. The van der Waals surface area contributed by atoms with Gasteiger partial charge in [0.15, 0.2) is 6.29 Å². The Bertz CT molecular complexity index is 1520. The summed E-state index contributed by atoms with van der Waals surface area (Å²) >= 11 is 0. The van der Waals surface area contributed by atoms with Crippen molar-refractivity contribution in [3.8, 4) is 0 Å². The molecule has 2 aromatic rings. The second kappa shape index (κ2) is 17.8. The van der Waals surface area contributed by atoms with Crippen LogP contribution in [-0.4, -0.2) is 76.9 Å². The highest BCUT2D eigenvalue weighted by molar-refractivity contribution is 5.68. The first-order valence-electron chi connectivity index (χ1n) is 15.6. The van der Waals surface area contributed by atoms with E-state index in [-0.39, 0.29) is 19.6 Å². The number of carbonyl (C=O) groups excluding carboxylic acids is 2. The highest BCUT2D eigenvalue weighted by Crippen LogP contribution is 2.35. The fraction of sp³-hybridized carbons (Fsp3) is 0.548. The third kappa shape index (κ3) is 9.29. The van der Waals surface area contributed by atoms with Gasteiger partial charge in [0.2, 0.25) is 0 Å². The monoisotopic (exact) mass is 662 g/mol. The van der Waals surface area contributed by atoms with Crippen molar-refractivity contribution in [3.05, 3.63) is 103 Å². The van der Waals surface area contributed by atoms with Crippen LogP contribution >= 0.6 is 0 Å². The second-order valence-corrected chi connectivity index (χ2v) is 11.5. The number of amides is 1. The maximum Gasteiger partial charge on any atom is 0.410 e. The molecule has 4 rings (SSSR count). The topological polar surface area (TPSA) is 241 Å². The van der Waals surface area contributed by atoms with E-state index in [0.29, 0.717) is 19.3 Å². The van der Waals surface area contributed by atoms with Crippen LogP contribution in [0.25, 0.3) is 31.3 Å². The van der Waals surface area contributed by atoms with Crippen molar-refractivity contribution < 1.29 is 33.6 Å². The average Bonchev–Trinajstić information content (AvgIpc) is 3.09. The number of nitrogens with zero attached hydrogens (tertiary/aromatic N) is 10. The summed E-state index contributed by atoms with van der Waals surface area (Å²) < 4.78 is 23.7. The molecule has 9 atom stereocenters. The van der Waals surface area contributed by atoms with Crippen molar-refractivity contribution in [3.63, 3.8) is 0 Å². The Kier molecular flexibility index (Phi) is 13.3. The van der Waals surface area contributed by atoms with Crippen LogP contribution in [0.15, 0.2) is 76.0 Å². The van der Waals surface area contributed by atoms with Gasteiger partial charge < -0.3 is 24.1 Å². The van der Waals surface area contributed by atoms with Crippen LogP contribution in [0.3, 0.4) is 0 Å². The minimum absolute atomic E-state index is 0.0678. The maximum atomic E-state index is 13.7. The van der Waals surface area contributed by atoms with E-state index in [1.54, 1.807) is 4.90 Å². The van der Waals surface area contributed by atoms with Gasteiger partial charge in [-0.05, 0) is 53.4 Å². The molecule has 1 N–H and O–H groups in total. The zero-order chi connectivity index (χ0) is 34.5. The molecule has 1 saturated heterocycles. The van der Waals surface area contributed by atoms with Crippen LogP contribution in [0.5, 0.6) is 0 Å². The summed E-state index contributed by atoms with van der Waals surface area (Å²) in [6.07, 6.45) is -5.59. The molecule has 0 radical (unpaired) electrons. The van der Waals surface area contributed by atoms with Gasteiger partial charge in [0.25, 0.3) is 0 Å². The van der Waals surface area contributed by atoms with Crippen molar-refractivity contribution in [2.45, 2.75) is 108 Å². The maximum absolute atomic E-state index is 13.7. The highest BCUT2D eigenvalue weighted by Gasteiger charge is 2.49. The van der Waals surface area contributed by atoms with E-state index in [4.69, 9.17) is 24.5 Å². The fourth-order valence-corrected chi connectivity index (χ4v) is 6.15. The van der Waals surface area contributed by atoms with Crippen LogP contribution in [0.1, 0.15) is 50.7 Å². The first kappa shape index (κ1) is 35.8. The normalized spacial score (nSPS) is 27.1. The number of hydrogen-bond acceptors (Lipinski definition) is 10. The number of esters is 1. The molecule has 1 aliphatic heterocycles. The lowest BCUT2D eigenvalue weighted by Crippen LogP contribution is -2.59. The lowest BCUT2D eigenvalue weighted by molar-refractivity contribution is -0.261. The van der Waals surface area contributed by atoms with Crippen molar-refractivity contribution in [1.82, 2.24) is 4.90 Å². The van der Waals surface area contributed by atoms with E-state index in [9.17, 15) is 25.8 Å². The van der Waals surface area contributed by atoms with Gasteiger partial charge in [0.05, 0.1) is 36.4 Å². The summed E-state index contributed by atoms with van der Waals surface area (Å²) in [4.78, 5) is 35.7. The molecule has 254 valence electrons. The van der Waals surface area contributed by atoms with Crippen molar-refractivity contribution in [2.75, 3.05) is 0 Å². The Hall–Kier alpha value is -5.01. The third-order valence-electron chi connectivity index (χ3n) is 8.36. The van der Waals surface area contributed by atoms with E-state index in [2.05, 4.69) is 30.1 Å². The Labute approximate surface area is 276 Å².